The Morgan fingerprint density at radius 1 is 0.614 bits per heavy atom. The van der Waals surface area contributed by atoms with Gasteiger partial charge in [0, 0.05) is 41.8 Å². The fraction of sp³-hybridized carbons (Fsp3) is 0.103. The molecule has 1 aliphatic heterocycles. The fourth-order valence-electron chi connectivity index (χ4n) is 6.37. The van der Waals surface area contributed by atoms with Crippen molar-refractivity contribution in [3.63, 3.8) is 0 Å². The lowest BCUT2D eigenvalue weighted by Crippen LogP contribution is -2.24. The van der Waals surface area contributed by atoms with Crippen LogP contribution in [0.4, 0.5) is 17.1 Å². The first-order valence-electron chi connectivity index (χ1n) is 15.0. The van der Waals surface area contributed by atoms with Crippen LogP contribution >= 0.6 is 0 Å². The predicted octanol–water partition coefficient (Wildman–Crippen LogP) is 9.80. The highest BCUT2D eigenvalue weighted by atomic mass is 16.5. The van der Waals surface area contributed by atoms with Crippen LogP contribution in [0.25, 0.3) is 38.8 Å². The third kappa shape index (κ3) is 4.36. The first kappa shape index (κ1) is 26.1. The molecule has 3 heterocycles. The molecule has 0 unspecified atom stereocenters. The topological polar surface area (TPSA) is 33.5 Å². The Bertz CT molecular complexity index is 2170. The number of nitrogens with zero attached hydrogens (tertiary/aromatic N) is 4. The number of aryl methyl sites for hydroxylation is 2. The molecule has 0 atom stereocenters. The van der Waals surface area contributed by atoms with E-state index in [4.69, 9.17) is 4.74 Å². The van der Waals surface area contributed by atoms with Crippen molar-refractivity contribution < 1.29 is 4.74 Å². The Morgan fingerprint density at radius 3 is 2.18 bits per heavy atom. The van der Waals surface area contributed by atoms with Crippen LogP contribution < -0.4 is 14.5 Å². The molecule has 44 heavy (non-hydrogen) atoms. The molecule has 214 valence electrons. The number of hydrogen-bond donors (Lipinski definition) is 0. The van der Waals surface area contributed by atoms with Gasteiger partial charge >= 0.3 is 0 Å². The van der Waals surface area contributed by atoms with Crippen LogP contribution in [-0.2, 0) is 0 Å². The first-order valence-corrected chi connectivity index (χ1v) is 15.0. The number of hydrogen-bond acceptors (Lipinski definition) is 4. The van der Waals surface area contributed by atoms with Crippen molar-refractivity contribution in [3.8, 4) is 28.4 Å². The number of fused-ring (bicyclic) bond motifs is 4. The molecule has 0 saturated carbocycles. The van der Waals surface area contributed by atoms with E-state index >= 15 is 0 Å². The molecule has 0 bridgehead atoms. The van der Waals surface area contributed by atoms with E-state index in [2.05, 4.69) is 143 Å². The van der Waals surface area contributed by atoms with Gasteiger partial charge < -0.3 is 14.5 Å². The maximum atomic E-state index is 6.72. The normalized spacial score (nSPS) is 12.7. The minimum atomic E-state index is 0.770. The zero-order valence-corrected chi connectivity index (χ0v) is 25.0. The van der Waals surface area contributed by atoms with Crippen LogP contribution in [0.1, 0.15) is 11.1 Å². The second-order valence-electron chi connectivity index (χ2n) is 11.6. The highest BCUT2D eigenvalue weighted by Gasteiger charge is 2.26. The van der Waals surface area contributed by atoms with Gasteiger partial charge in [-0.3, -0.25) is 4.57 Å². The summed E-state index contributed by atoms with van der Waals surface area (Å²) in [7, 11) is 2.15. The van der Waals surface area contributed by atoms with Crippen LogP contribution in [0.5, 0.6) is 11.5 Å². The Labute approximate surface area is 257 Å². The molecule has 5 nitrogen and oxygen atoms in total. The lowest BCUT2D eigenvalue weighted by Gasteiger charge is -2.22. The standard InChI is InChI=1S/C39H32N4O/c1-26-19-37-38(20-27(26)2)42(25-41(37)3)30-21-29(28-11-5-4-6-12-28)22-32(23-30)44-31-16-17-34-33-13-7-8-14-35(33)43(36(34)24-31)39-15-9-10-18-40-39/h4-24H,25H2,1-3H3. The van der Waals surface area contributed by atoms with E-state index in [0.29, 0.717) is 0 Å². The van der Waals surface area contributed by atoms with E-state index in [9.17, 15) is 0 Å². The first-order chi connectivity index (χ1) is 21.5. The molecular formula is C39H32N4O. The summed E-state index contributed by atoms with van der Waals surface area (Å²) in [6.45, 7) is 5.13. The summed E-state index contributed by atoms with van der Waals surface area (Å²) >= 11 is 0. The van der Waals surface area contributed by atoms with Crippen molar-refractivity contribution in [2.45, 2.75) is 13.8 Å². The minimum absolute atomic E-state index is 0.770. The summed E-state index contributed by atoms with van der Waals surface area (Å²) in [5.41, 5.74) is 10.6. The summed E-state index contributed by atoms with van der Waals surface area (Å²) in [5, 5.41) is 2.36. The fourth-order valence-corrected chi connectivity index (χ4v) is 6.37. The lowest BCUT2D eigenvalue weighted by molar-refractivity contribution is 0.483. The smallest absolute Gasteiger partial charge is 0.137 e. The second-order valence-corrected chi connectivity index (χ2v) is 11.6. The van der Waals surface area contributed by atoms with E-state index in [0.717, 1.165) is 51.8 Å². The number of para-hydroxylation sites is 1. The highest BCUT2D eigenvalue weighted by molar-refractivity contribution is 6.09. The molecule has 8 rings (SSSR count). The summed E-state index contributed by atoms with van der Waals surface area (Å²) in [5.74, 6) is 2.45. The molecule has 5 aromatic carbocycles. The van der Waals surface area contributed by atoms with Gasteiger partial charge in [0.1, 0.15) is 17.3 Å². The van der Waals surface area contributed by atoms with Crippen LogP contribution in [0, 0.1) is 13.8 Å². The van der Waals surface area contributed by atoms with Crippen molar-refractivity contribution in [2.24, 2.45) is 0 Å². The number of rotatable bonds is 5. The van der Waals surface area contributed by atoms with Crippen LogP contribution in [0.15, 0.2) is 128 Å². The molecule has 0 aliphatic carbocycles. The van der Waals surface area contributed by atoms with Crippen LogP contribution in [0.2, 0.25) is 0 Å². The van der Waals surface area contributed by atoms with E-state index in [1.807, 2.05) is 24.4 Å². The van der Waals surface area contributed by atoms with Crippen molar-refractivity contribution in [3.05, 3.63) is 139 Å². The predicted molar refractivity (Wildman–Crippen MR) is 182 cm³/mol. The van der Waals surface area contributed by atoms with E-state index in [1.165, 1.54) is 33.3 Å². The number of benzene rings is 5. The van der Waals surface area contributed by atoms with Gasteiger partial charge in [0.15, 0.2) is 0 Å². The quantitative estimate of drug-likeness (QED) is 0.206. The number of pyridine rings is 1. The maximum Gasteiger partial charge on any atom is 0.137 e. The molecular weight excluding hydrogens is 540 g/mol. The van der Waals surface area contributed by atoms with Gasteiger partial charge in [-0.15, -0.1) is 0 Å². The number of aromatic nitrogens is 2. The van der Waals surface area contributed by atoms with Gasteiger partial charge in [-0.2, -0.15) is 0 Å². The molecule has 0 fully saturated rings. The van der Waals surface area contributed by atoms with Gasteiger partial charge in [0.05, 0.1) is 29.1 Å². The molecule has 0 amide bonds. The van der Waals surface area contributed by atoms with Crippen LogP contribution in [-0.4, -0.2) is 23.3 Å². The monoisotopic (exact) mass is 572 g/mol. The molecule has 2 aromatic heterocycles. The average Bonchev–Trinajstić information content (AvgIpc) is 3.55. The Kier molecular flexibility index (Phi) is 6.12. The third-order valence-corrected chi connectivity index (χ3v) is 8.72. The van der Waals surface area contributed by atoms with Crippen molar-refractivity contribution in [2.75, 3.05) is 23.5 Å². The molecule has 1 aliphatic rings. The molecule has 7 aromatic rings. The zero-order chi connectivity index (χ0) is 29.8. The average molecular weight is 573 g/mol. The van der Waals surface area contributed by atoms with Gasteiger partial charge in [-0.05, 0) is 90.7 Å². The molecule has 0 radical (unpaired) electrons. The largest absolute Gasteiger partial charge is 0.457 e. The Hall–Kier alpha value is -5.55. The van der Waals surface area contributed by atoms with Crippen LogP contribution in [0.3, 0.4) is 0 Å². The van der Waals surface area contributed by atoms with E-state index in [1.54, 1.807) is 0 Å². The van der Waals surface area contributed by atoms with Crippen molar-refractivity contribution >= 4 is 38.9 Å². The third-order valence-electron chi connectivity index (χ3n) is 8.72. The number of ether oxygens (including phenoxy) is 1. The SMILES string of the molecule is Cc1cc2c(cc1C)N(c1cc(Oc3ccc4c5ccccc5n(-c5ccccn5)c4c3)cc(-c3ccccc3)c1)CN2C. The van der Waals surface area contributed by atoms with Gasteiger partial charge in [0.25, 0.3) is 0 Å². The maximum absolute atomic E-state index is 6.72. The summed E-state index contributed by atoms with van der Waals surface area (Å²) in [4.78, 5) is 9.37. The Balaban J connectivity index is 1.26. The van der Waals surface area contributed by atoms with E-state index in [-0.39, 0.29) is 0 Å². The lowest BCUT2D eigenvalue weighted by atomic mass is 10.0. The van der Waals surface area contributed by atoms with Gasteiger partial charge in [0.2, 0.25) is 0 Å². The molecule has 0 saturated heterocycles. The second kappa shape index (κ2) is 10.3. The van der Waals surface area contributed by atoms with Crippen molar-refractivity contribution in [1.82, 2.24) is 9.55 Å². The summed E-state index contributed by atoms with van der Waals surface area (Å²) in [6.07, 6.45) is 1.84. The molecule has 0 spiro atoms. The number of anilines is 3. The highest BCUT2D eigenvalue weighted by Crippen LogP contribution is 2.44. The summed E-state index contributed by atoms with van der Waals surface area (Å²) < 4.78 is 8.93. The van der Waals surface area contributed by atoms with Gasteiger partial charge in [-0.1, -0.05) is 54.6 Å². The Morgan fingerprint density at radius 2 is 1.36 bits per heavy atom. The summed E-state index contributed by atoms with van der Waals surface area (Å²) in [6, 6.07) is 42.5. The van der Waals surface area contributed by atoms with Gasteiger partial charge in [-0.25, -0.2) is 4.98 Å². The zero-order valence-electron chi connectivity index (χ0n) is 25.0. The molecule has 0 N–H and O–H groups in total. The van der Waals surface area contributed by atoms with E-state index < -0.39 is 0 Å². The minimum Gasteiger partial charge on any atom is -0.457 e. The van der Waals surface area contributed by atoms with Crippen molar-refractivity contribution in [1.29, 1.82) is 0 Å². The molecule has 5 heteroatoms.